The second-order valence-electron chi connectivity index (χ2n) is 7.85. The van der Waals surface area contributed by atoms with Gasteiger partial charge in [-0.3, -0.25) is 4.79 Å². The van der Waals surface area contributed by atoms with E-state index in [9.17, 15) is 9.59 Å². The number of amides is 3. The number of nitrogens with one attached hydrogen (secondary N) is 2. The third kappa shape index (κ3) is 4.97. The monoisotopic (exact) mass is 360 g/mol. The molecule has 6 nitrogen and oxygen atoms in total. The summed E-state index contributed by atoms with van der Waals surface area (Å²) in [6.07, 6.45) is 1.61. The standard InChI is InChI=1S/C20H32N4O2/c1-14(2)20(4,13-21)23-18(25)16-8-6-10-24(12-16)19(26)22-17-9-5-7-15(3)11-17/h5,7,9,11,14,16H,6,8,10,12-13,21H2,1-4H3,(H,22,26)(H,23,25). The number of nitrogens with zero attached hydrogens (tertiary/aromatic N) is 1. The zero-order valence-electron chi connectivity index (χ0n) is 16.3. The molecule has 6 heteroatoms. The molecule has 3 amide bonds. The number of rotatable bonds is 5. The third-order valence-corrected chi connectivity index (χ3v) is 5.46. The fourth-order valence-electron chi connectivity index (χ4n) is 3.12. The Morgan fingerprint density at radius 1 is 1.38 bits per heavy atom. The molecule has 2 atom stereocenters. The van der Waals surface area contributed by atoms with Crippen molar-refractivity contribution < 1.29 is 9.59 Å². The van der Waals surface area contributed by atoms with Crippen LogP contribution in [0.5, 0.6) is 0 Å². The topological polar surface area (TPSA) is 87.5 Å². The molecule has 1 aliphatic heterocycles. The van der Waals surface area contributed by atoms with Gasteiger partial charge in [0.2, 0.25) is 5.91 Å². The van der Waals surface area contributed by atoms with Crippen molar-refractivity contribution in [1.82, 2.24) is 10.2 Å². The summed E-state index contributed by atoms with van der Waals surface area (Å²) in [5.74, 6) is 0.0251. The van der Waals surface area contributed by atoms with Gasteiger partial charge in [0.15, 0.2) is 0 Å². The van der Waals surface area contributed by atoms with Crippen LogP contribution in [0.2, 0.25) is 0 Å². The van der Waals surface area contributed by atoms with E-state index in [0.717, 1.165) is 24.1 Å². The molecule has 1 aromatic rings. The summed E-state index contributed by atoms with van der Waals surface area (Å²) in [5.41, 5.74) is 7.31. The number of hydrogen-bond acceptors (Lipinski definition) is 3. The van der Waals surface area contributed by atoms with Crippen molar-refractivity contribution in [3.05, 3.63) is 29.8 Å². The van der Waals surface area contributed by atoms with Gasteiger partial charge in [0.25, 0.3) is 0 Å². The van der Waals surface area contributed by atoms with Crippen LogP contribution in [0.15, 0.2) is 24.3 Å². The Labute approximate surface area is 156 Å². The normalized spacial score (nSPS) is 19.8. The summed E-state index contributed by atoms with van der Waals surface area (Å²) in [6.45, 7) is 9.55. The number of urea groups is 1. The highest BCUT2D eigenvalue weighted by Crippen LogP contribution is 2.21. The lowest BCUT2D eigenvalue weighted by atomic mass is 9.87. The fraction of sp³-hybridized carbons (Fsp3) is 0.600. The Hall–Kier alpha value is -2.08. The number of benzene rings is 1. The molecule has 0 bridgehead atoms. The molecule has 4 N–H and O–H groups in total. The molecule has 1 fully saturated rings. The molecule has 0 saturated carbocycles. The minimum atomic E-state index is -0.427. The average Bonchev–Trinajstić information content (AvgIpc) is 2.61. The van der Waals surface area contributed by atoms with Crippen molar-refractivity contribution in [2.75, 3.05) is 25.0 Å². The van der Waals surface area contributed by atoms with Gasteiger partial charge in [-0.1, -0.05) is 26.0 Å². The largest absolute Gasteiger partial charge is 0.349 e. The van der Waals surface area contributed by atoms with E-state index >= 15 is 0 Å². The minimum Gasteiger partial charge on any atom is -0.349 e. The van der Waals surface area contributed by atoms with Crippen molar-refractivity contribution in [1.29, 1.82) is 0 Å². The molecule has 0 aromatic heterocycles. The maximum absolute atomic E-state index is 12.7. The molecule has 1 aliphatic rings. The number of carbonyl (C=O) groups excluding carboxylic acids is 2. The quantitative estimate of drug-likeness (QED) is 0.754. The van der Waals surface area contributed by atoms with E-state index in [4.69, 9.17) is 5.73 Å². The first-order chi connectivity index (χ1) is 12.2. The van der Waals surface area contributed by atoms with Crippen molar-refractivity contribution in [3.8, 4) is 0 Å². The van der Waals surface area contributed by atoms with E-state index in [1.165, 1.54) is 0 Å². The molecule has 2 rings (SSSR count). The highest BCUT2D eigenvalue weighted by molar-refractivity contribution is 5.90. The van der Waals surface area contributed by atoms with Crippen LogP contribution < -0.4 is 16.4 Å². The Morgan fingerprint density at radius 3 is 2.73 bits per heavy atom. The summed E-state index contributed by atoms with van der Waals surface area (Å²) in [5, 5.41) is 6.03. The van der Waals surface area contributed by atoms with E-state index in [0.29, 0.717) is 19.6 Å². The smallest absolute Gasteiger partial charge is 0.321 e. The number of hydrogen-bond donors (Lipinski definition) is 3. The van der Waals surface area contributed by atoms with Crippen LogP contribution in [0, 0.1) is 18.8 Å². The molecule has 0 aliphatic carbocycles. The first kappa shape index (κ1) is 20.2. The number of likely N-dealkylation sites (tertiary alicyclic amines) is 1. The summed E-state index contributed by atoms with van der Waals surface area (Å²) < 4.78 is 0. The van der Waals surface area contributed by atoms with Crippen LogP contribution in [0.3, 0.4) is 0 Å². The van der Waals surface area contributed by atoms with Crippen LogP contribution in [-0.4, -0.2) is 42.0 Å². The van der Waals surface area contributed by atoms with Crippen LogP contribution in [-0.2, 0) is 4.79 Å². The van der Waals surface area contributed by atoms with Gasteiger partial charge in [0, 0.05) is 25.3 Å². The maximum atomic E-state index is 12.7. The Morgan fingerprint density at radius 2 is 2.12 bits per heavy atom. The highest BCUT2D eigenvalue weighted by atomic mass is 16.2. The number of aryl methyl sites for hydroxylation is 1. The Bertz CT molecular complexity index is 646. The van der Waals surface area contributed by atoms with Crippen LogP contribution in [0.25, 0.3) is 0 Å². The summed E-state index contributed by atoms with van der Waals surface area (Å²) in [7, 11) is 0. The van der Waals surface area contributed by atoms with Crippen molar-refractivity contribution in [2.45, 2.75) is 46.1 Å². The molecule has 0 radical (unpaired) electrons. The second kappa shape index (κ2) is 8.54. The fourth-order valence-corrected chi connectivity index (χ4v) is 3.12. The maximum Gasteiger partial charge on any atom is 0.321 e. The van der Waals surface area contributed by atoms with E-state index in [-0.39, 0.29) is 23.8 Å². The van der Waals surface area contributed by atoms with Crippen molar-refractivity contribution in [2.24, 2.45) is 17.6 Å². The van der Waals surface area contributed by atoms with Gasteiger partial charge >= 0.3 is 6.03 Å². The predicted octanol–water partition coefficient (Wildman–Crippen LogP) is 2.73. The van der Waals surface area contributed by atoms with Crippen LogP contribution in [0.4, 0.5) is 10.5 Å². The molecule has 26 heavy (non-hydrogen) atoms. The minimum absolute atomic E-state index is 0.0142. The Kier molecular flexibility index (Phi) is 6.64. The zero-order valence-corrected chi connectivity index (χ0v) is 16.3. The molecule has 1 heterocycles. The zero-order chi connectivity index (χ0) is 19.3. The van der Waals surface area contributed by atoms with E-state index in [2.05, 4.69) is 24.5 Å². The average molecular weight is 361 g/mol. The number of nitrogens with two attached hydrogens (primary N) is 1. The van der Waals surface area contributed by atoms with Crippen LogP contribution >= 0.6 is 0 Å². The van der Waals surface area contributed by atoms with Gasteiger partial charge in [0.05, 0.1) is 11.5 Å². The molecular weight excluding hydrogens is 328 g/mol. The number of anilines is 1. The van der Waals surface area contributed by atoms with Crippen molar-refractivity contribution in [3.63, 3.8) is 0 Å². The molecule has 1 aromatic carbocycles. The third-order valence-electron chi connectivity index (χ3n) is 5.46. The summed E-state index contributed by atoms with van der Waals surface area (Å²) in [4.78, 5) is 27.0. The highest BCUT2D eigenvalue weighted by Gasteiger charge is 2.34. The van der Waals surface area contributed by atoms with E-state index in [1.54, 1.807) is 4.90 Å². The van der Waals surface area contributed by atoms with Gasteiger partial charge in [-0.15, -0.1) is 0 Å². The second-order valence-corrected chi connectivity index (χ2v) is 7.85. The molecule has 0 spiro atoms. The summed E-state index contributed by atoms with van der Waals surface area (Å²) in [6, 6.07) is 7.55. The molecule has 2 unspecified atom stereocenters. The van der Waals surface area contributed by atoms with Gasteiger partial charge < -0.3 is 21.3 Å². The first-order valence-electron chi connectivity index (χ1n) is 9.40. The first-order valence-corrected chi connectivity index (χ1v) is 9.40. The SMILES string of the molecule is Cc1cccc(NC(=O)N2CCCC(C(=O)NC(C)(CN)C(C)C)C2)c1. The lowest BCUT2D eigenvalue weighted by molar-refractivity contribution is -0.128. The molecule has 1 saturated heterocycles. The number of piperidine rings is 1. The van der Waals surface area contributed by atoms with E-state index < -0.39 is 5.54 Å². The van der Waals surface area contributed by atoms with Gasteiger partial charge in [-0.25, -0.2) is 4.79 Å². The lowest BCUT2D eigenvalue weighted by Gasteiger charge is -2.37. The van der Waals surface area contributed by atoms with E-state index in [1.807, 2.05) is 38.1 Å². The van der Waals surface area contributed by atoms with Gasteiger partial charge in [-0.2, -0.15) is 0 Å². The summed E-state index contributed by atoms with van der Waals surface area (Å²) >= 11 is 0. The van der Waals surface area contributed by atoms with Crippen LogP contribution in [0.1, 0.15) is 39.2 Å². The molecule has 144 valence electrons. The van der Waals surface area contributed by atoms with Crippen molar-refractivity contribution >= 4 is 17.6 Å². The molecular formula is C20H32N4O2. The van der Waals surface area contributed by atoms with Gasteiger partial charge in [-0.05, 0) is 50.3 Å². The van der Waals surface area contributed by atoms with Gasteiger partial charge in [0.1, 0.15) is 0 Å². The number of carbonyl (C=O) groups is 2. The Balaban J connectivity index is 1.97. The lowest BCUT2D eigenvalue weighted by Crippen LogP contribution is -2.58. The predicted molar refractivity (Wildman–Crippen MR) is 105 cm³/mol.